The fourth-order valence-electron chi connectivity index (χ4n) is 1.47. The van der Waals surface area contributed by atoms with Gasteiger partial charge in [0.2, 0.25) is 5.91 Å². The first-order chi connectivity index (χ1) is 9.76. The molecule has 6 heteroatoms. The van der Waals surface area contributed by atoms with Crippen LogP contribution in [0.1, 0.15) is 24.8 Å². The minimum atomic E-state index is -0.0817. The number of carbonyl (C=O) groups is 1. The third-order valence-corrected chi connectivity index (χ3v) is 2.41. The van der Waals surface area contributed by atoms with Crippen molar-refractivity contribution in [2.45, 2.75) is 19.3 Å². The van der Waals surface area contributed by atoms with Crippen molar-refractivity contribution < 1.29 is 4.79 Å². The molecule has 1 aromatic carbocycles. The third kappa shape index (κ3) is 6.11. The monoisotopic (exact) mass is 267 g/mol. The van der Waals surface area contributed by atoms with E-state index in [0.717, 1.165) is 5.56 Å². The molecule has 0 radical (unpaired) electrons. The molecule has 1 rings (SSSR count). The Balaban J connectivity index is 2.38. The molecule has 6 nitrogen and oxygen atoms in total. The lowest BCUT2D eigenvalue weighted by Gasteiger charge is -2.04. The Hall–Kier alpha value is -2.95. The molecule has 0 unspecified atom stereocenters. The topological polar surface area (TPSA) is 102 Å². The van der Waals surface area contributed by atoms with E-state index in [1.54, 1.807) is 30.3 Å². The highest BCUT2D eigenvalue weighted by Gasteiger charge is 2.01. The maximum absolute atomic E-state index is 11.6. The molecule has 1 amide bonds. The van der Waals surface area contributed by atoms with Gasteiger partial charge in [0, 0.05) is 35.0 Å². The fourth-order valence-corrected chi connectivity index (χ4v) is 1.47. The van der Waals surface area contributed by atoms with Crippen molar-refractivity contribution in [1.29, 1.82) is 5.26 Å². The lowest BCUT2D eigenvalue weighted by Crippen LogP contribution is -2.11. The number of nitrogens with one attached hydrogen (secondary N) is 1. The van der Waals surface area contributed by atoms with E-state index in [0.29, 0.717) is 31.5 Å². The number of carbonyl (C=O) groups excluding carboxylic acids is 1. The molecule has 1 aromatic rings. The Kier molecular flexibility index (Phi) is 6.83. The fraction of sp³-hybridized carbons (Fsp3) is 0.286. The number of benzene rings is 1. The van der Waals surface area contributed by atoms with Crippen LogP contribution in [0, 0.1) is 23.2 Å². The van der Waals surface area contributed by atoms with E-state index in [-0.39, 0.29) is 5.91 Å². The van der Waals surface area contributed by atoms with Crippen LogP contribution in [0.4, 0.5) is 5.69 Å². The van der Waals surface area contributed by atoms with E-state index in [9.17, 15) is 4.79 Å². The van der Waals surface area contributed by atoms with Gasteiger partial charge in [-0.2, -0.15) is 5.26 Å². The summed E-state index contributed by atoms with van der Waals surface area (Å²) in [7, 11) is 0. The summed E-state index contributed by atoms with van der Waals surface area (Å²) in [6.45, 7) is 0.413. The molecule has 0 atom stereocenters. The average molecular weight is 267 g/mol. The molecule has 0 saturated carbocycles. The molecule has 0 heterocycles. The highest BCUT2D eigenvalue weighted by molar-refractivity contribution is 5.90. The van der Waals surface area contributed by atoms with Gasteiger partial charge in [0.15, 0.2) is 6.07 Å². The van der Waals surface area contributed by atoms with Crippen LogP contribution in [0.2, 0.25) is 0 Å². The van der Waals surface area contributed by atoms with Crippen molar-refractivity contribution in [1.82, 2.24) is 0 Å². The first-order valence-corrected chi connectivity index (χ1v) is 6.07. The summed E-state index contributed by atoms with van der Waals surface area (Å²) >= 11 is 0. The van der Waals surface area contributed by atoms with Crippen LogP contribution in [-0.4, -0.2) is 12.5 Å². The molecule has 0 aromatic heterocycles. The van der Waals surface area contributed by atoms with Crippen molar-refractivity contribution >= 4 is 11.6 Å². The second-order valence-corrected chi connectivity index (χ2v) is 3.90. The van der Waals surface area contributed by atoms with Crippen LogP contribution in [0.25, 0.3) is 10.4 Å². The van der Waals surface area contributed by atoms with Gasteiger partial charge in [-0.05, 0) is 42.6 Å². The molecule has 0 saturated heterocycles. The summed E-state index contributed by atoms with van der Waals surface area (Å²) in [5.74, 6) is 4.89. The first-order valence-electron chi connectivity index (χ1n) is 6.07. The third-order valence-electron chi connectivity index (χ3n) is 2.41. The Bertz CT molecular complexity index is 597. The molecule has 0 aliphatic carbocycles. The highest BCUT2D eigenvalue weighted by Crippen LogP contribution is 2.10. The second kappa shape index (κ2) is 9.04. The van der Waals surface area contributed by atoms with Gasteiger partial charge in [-0.1, -0.05) is 11.0 Å². The maximum atomic E-state index is 11.6. The predicted molar refractivity (Wildman–Crippen MR) is 75.4 cm³/mol. The lowest BCUT2D eigenvalue weighted by atomic mass is 10.2. The van der Waals surface area contributed by atoms with Crippen LogP contribution in [0.5, 0.6) is 0 Å². The van der Waals surface area contributed by atoms with Crippen molar-refractivity contribution in [3.8, 4) is 17.9 Å². The Morgan fingerprint density at radius 3 is 2.75 bits per heavy atom. The number of rotatable bonds is 6. The van der Waals surface area contributed by atoms with Gasteiger partial charge in [0.05, 0.1) is 0 Å². The zero-order chi connectivity index (χ0) is 14.6. The minimum absolute atomic E-state index is 0.0817. The van der Waals surface area contributed by atoms with E-state index in [1.807, 2.05) is 0 Å². The quantitative estimate of drug-likeness (QED) is 0.281. The number of hydrogen-bond donors (Lipinski definition) is 1. The molecule has 20 heavy (non-hydrogen) atoms. The highest BCUT2D eigenvalue weighted by atomic mass is 16.1. The van der Waals surface area contributed by atoms with Crippen molar-refractivity contribution in [3.05, 3.63) is 40.3 Å². The molecule has 0 aliphatic rings. The number of amides is 1. The maximum Gasteiger partial charge on any atom is 0.224 e. The van der Waals surface area contributed by atoms with E-state index < -0.39 is 0 Å². The van der Waals surface area contributed by atoms with Crippen molar-refractivity contribution in [2.75, 3.05) is 11.9 Å². The number of azide groups is 1. The summed E-state index contributed by atoms with van der Waals surface area (Å²) in [4.78, 5) is 14.3. The first kappa shape index (κ1) is 15.1. The summed E-state index contributed by atoms with van der Waals surface area (Å²) < 4.78 is 0. The Morgan fingerprint density at radius 2 is 2.10 bits per heavy atom. The number of hydrogen-bond acceptors (Lipinski definition) is 3. The molecule has 0 fully saturated rings. The van der Waals surface area contributed by atoms with Gasteiger partial charge < -0.3 is 5.32 Å². The van der Waals surface area contributed by atoms with Crippen molar-refractivity contribution in [2.24, 2.45) is 5.11 Å². The number of unbranched alkanes of at least 4 members (excludes halogenated alkanes) is 1. The van der Waals surface area contributed by atoms with E-state index in [2.05, 4.69) is 27.2 Å². The molecule has 0 bridgehead atoms. The van der Waals surface area contributed by atoms with Crippen LogP contribution in [-0.2, 0) is 4.79 Å². The summed E-state index contributed by atoms with van der Waals surface area (Å²) in [6, 6.07) is 8.69. The normalized spacial score (nSPS) is 8.55. The number of nitrogens with zero attached hydrogens (tertiary/aromatic N) is 4. The summed E-state index contributed by atoms with van der Waals surface area (Å²) in [5.41, 5.74) is 9.51. The van der Waals surface area contributed by atoms with Crippen LogP contribution < -0.4 is 5.32 Å². The van der Waals surface area contributed by atoms with Crippen molar-refractivity contribution in [3.63, 3.8) is 0 Å². The summed E-state index contributed by atoms with van der Waals surface area (Å²) in [6.07, 6.45) is 1.76. The molecular weight excluding hydrogens is 254 g/mol. The Labute approximate surface area is 117 Å². The van der Waals surface area contributed by atoms with E-state index in [4.69, 9.17) is 10.8 Å². The second-order valence-electron chi connectivity index (χ2n) is 3.90. The number of anilines is 1. The van der Waals surface area contributed by atoms with Gasteiger partial charge >= 0.3 is 0 Å². The zero-order valence-electron chi connectivity index (χ0n) is 10.8. The molecule has 0 spiro atoms. The predicted octanol–water partition coefficient (Wildman–Crippen LogP) is 2.98. The molecule has 0 aliphatic heterocycles. The van der Waals surface area contributed by atoms with Gasteiger partial charge in [-0.25, -0.2) is 0 Å². The van der Waals surface area contributed by atoms with Gasteiger partial charge in [-0.3, -0.25) is 4.79 Å². The van der Waals surface area contributed by atoms with E-state index in [1.165, 1.54) is 0 Å². The Morgan fingerprint density at radius 1 is 1.35 bits per heavy atom. The number of nitriles is 1. The van der Waals surface area contributed by atoms with Crippen LogP contribution in [0.3, 0.4) is 0 Å². The van der Waals surface area contributed by atoms with Gasteiger partial charge in [-0.15, -0.1) is 0 Å². The summed E-state index contributed by atoms with van der Waals surface area (Å²) in [5, 5.41) is 14.5. The standard InChI is InChI=1S/C14H13N5O/c15-10-3-4-12-6-8-13(9-7-12)18-14(20)5-1-2-11-17-19-16/h6-9H,1-2,5,11H2,(H,18,20). The van der Waals surface area contributed by atoms with Gasteiger partial charge in [0.1, 0.15) is 0 Å². The minimum Gasteiger partial charge on any atom is -0.326 e. The van der Waals surface area contributed by atoms with Crippen LogP contribution >= 0.6 is 0 Å². The molecule has 100 valence electrons. The SMILES string of the molecule is N#CC#Cc1ccc(NC(=O)CCCCN=[N+]=[N-])cc1. The van der Waals surface area contributed by atoms with E-state index >= 15 is 0 Å². The molecular formula is C14H13N5O. The smallest absolute Gasteiger partial charge is 0.224 e. The largest absolute Gasteiger partial charge is 0.326 e. The zero-order valence-corrected chi connectivity index (χ0v) is 10.8. The molecule has 1 N–H and O–H groups in total. The van der Waals surface area contributed by atoms with Crippen LogP contribution in [0.15, 0.2) is 29.4 Å². The lowest BCUT2D eigenvalue weighted by molar-refractivity contribution is -0.116. The van der Waals surface area contributed by atoms with Gasteiger partial charge in [0.25, 0.3) is 0 Å². The average Bonchev–Trinajstić information content (AvgIpc) is 2.46.